The number of hydrogen-bond acceptors (Lipinski definition) is 5. The molecule has 1 aliphatic rings. The fourth-order valence-electron chi connectivity index (χ4n) is 3.12. The van der Waals surface area contributed by atoms with E-state index in [1.54, 1.807) is 7.11 Å². The van der Waals surface area contributed by atoms with Crippen LogP contribution < -0.4 is 14.8 Å². The van der Waals surface area contributed by atoms with Crippen molar-refractivity contribution in [1.82, 2.24) is 5.32 Å². The van der Waals surface area contributed by atoms with Gasteiger partial charge in [-0.2, -0.15) is 5.26 Å². The molecule has 3 rings (SSSR count). The zero-order valence-corrected chi connectivity index (χ0v) is 16.7. The first-order chi connectivity index (χ1) is 13.7. The number of rotatable bonds is 7. The molecule has 0 aliphatic carbocycles. The van der Waals surface area contributed by atoms with Crippen molar-refractivity contribution in [2.45, 2.75) is 25.0 Å². The number of carbonyl (C=O) groups excluding carboxylic acids is 1. The molecule has 0 saturated heterocycles. The van der Waals surface area contributed by atoms with Gasteiger partial charge < -0.3 is 14.8 Å². The largest absolute Gasteiger partial charge is 0.493 e. The highest BCUT2D eigenvalue weighted by atomic mass is 32.2. The Bertz CT molecular complexity index is 919. The first-order valence-corrected chi connectivity index (χ1v) is 10.1. The Labute approximate surface area is 169 Å². The molecule has 0 aromatic heterocycles. The van der Waals surface area contributed by atoms with Crippen molar-refractivity contribution < 1.29 is 14.3 Å². The van der Waals surface area contributed by atoms with Gasteiger partial charge in [0.05, 0.1) is 30.4 Å². The SMILES string of the molecule is CCOc1ccc([C@H]2CC(=O)NC(SCc3ccccc3)=C2C#N)cc1OC. The van der Waals surface area contributed by atoms with Crippen molar-refractivity contribution in [3.8, 4) is 17.6 Å². The van der Waals surface area contributed by atoms with Crippen LogP contribution in [0.4, 0.5) is 0 Å². The second kappa shape index (κ2) is 9.34. The topological polar surface area (TPSA) is 71.3 Å². The number of nitriles is 1. The smallest absolute Gasteiger partial charge is 0.225 e. The average molecular weight is 394 g/mol. The van der Waals surface area contributed by atoms with Crippen LogP contribution in [0.5, 0.6) is 11.5 Å². The molecule has 0 bridgehead atoms. The van der Waals surface area contributed by atoms with Crippen molar-refractivity contribution >= 4 is 17.7 Å². The summed E-state index contributed by atoms with van der Waals surface area (Å²) < 4.78 is 11.0. The first-order valence-electron chi connectivity index (χ1n) is 9.07. The predicted octanol–water partition coefficient (Wildman–Crippen LogP) is 4.37. The van der Waals surface area contributed by atoms with Crippen LogP contribution in [0.3, 0.4) is 0 Å². The third-order valence-electron chi connectivity index (χ3n) is 4.47. The van der Waals surface area contributed by atoms with Crippen molar-refractivity contribution in [3.63, 3.8) is 0 Å². The third kappa shape index (κ3) is 4.49. The number of amides is 1. The van der Waals surface area contributed by atoms with Gasteiger partial charge in [-0.15, -0.1) is 11.8 Å². The second-order valence-electron chi connectivity index (χ2n) is 6.28. The van der Waals surface area contributed by atoms with Gasteiger partial charge in [0.25, 0.3) is 0 Å². The maximum absolute atomic E-state index is 12.3. The van der Waals surface area contributed by atoms with E-state index in [1.165, 1.54) is 11.8 Å². The van der Waals surface area contributed by atoms with Crippen molar-refractivity contribution in [2.75, 3.05) is 13.7 Å². The van der Waals surface area contributed by atoms with E-state index < -0.39 is 0 Å². The highest BCUT2D eigenvalue weighted by Crippen LogP contribution is 2.39. The van der Waals surface area contributed by atoms with Crippen LogP contribution in [0.1, 0.15) is 30.4 Å². The molecule has 1 amide bonds. The lowest BCUT2D eigenvalue weighted by molar-refractivity contribution is -0.120. The molecule has 5 nitrogen and oxygen atoms in total. The predicted molar refractivity (Wildman–Crippen MR) is 110 cm³/mol. The quantitative estimate of drug-likeness (QED) is 0.755. The minimum atomic E-state index is -0.304. The van der Waals surface area contributed by atoms with E-state index in [-0.39, 0.29) is 18.2 Å². The van der Waals surface area contributed by atoms with E-state index in [0.29, 0.717) is 34.5 Å². The molecule has 0 spiro atoms. The molecular formula is C22H22N2O3S. The fraction of sp³-hybridized carbons (Fsp3) is 0.273. The molecule has 1 aliphatic heterocycles. The first kappa shape index (κ1) is 19.8. The van der Waals surface area contributed by atoms with Crippen molar-refractivity contribution in [3.05, 3.63) is 70.3 Å². The zero-order chi connectivity index (χ0) is 19.9. The van der Waals surface area contributed by atoms with Crippen LogP contribution in [-0.4, -0.2) is 19.6 Å². The molecule has 28 heavy (non-hydrogen) atoms. The monoisotopic (exact) mass is 394 g/mol. The molecule has 1 heterocycles. The van der Waals surface area contributed by atoms with Crippen molar-refractivity contribution in [2.24, 2.45) is 0 Å². The molecule has 1 N–H and O–H groups in total. The molecule has 1 atom stereocenters. The van der Waals surface area contributed by atoms with E-state index in [1.807, 2.05) is 55.5 Å². The number of allylic oxidation sites excluding steroid dienone is 1. The van der Waals surface area contributed by atoms with Gasteiger partial charge in [-0.05, 0) is 30.2 Å². The summed E-state index contributed by atoms with van der Waals surface area (Å²) in [6, 6.07) is 17.9. The summed E-state index contributed by atoms with van der Waals surface area (Å²) in [5, 5.41) is 13.3. The number of thioether (sulfide) groups is 1. The average Bonchev–Trinajstić information content (AvgIpc) is 2.73. The van der Waals surface area contributed by atoms with Crippen LogP contribution >= 0.6 is 11.8 Å². The van der Waals surface area contributed by atoms with Gasteiger partial charge in [0.2, 0.25) is 5.91 Å². The molecule has 0 fully saturated rings. The van der Waals surface area contributed by atoms with Crippen LogP contribution in [-0.2, 0) is 10.5 Å². The minimum absolute atomic E-state index is 0.0904. The molecule has 2 aromatic rings. The van der Waals surface area contributed by atoms with E-state index in [2.05, 4.69) is 11.4 Å². The number of benzene rings is 2. The lowest BCUT2D eigenvalue weighted by Gasteiger charge is -2.25. The summed E-state index contributed by atoms with van der Waals surface area (Å²) in [6.45, 7) is 2.44. The molecule has 0 saturated carbocycles. The number of ether oxygens (including phenoxy) is 2. The molecular weight excluding hydrogens is 372 g/mol. The van der Waals surface area contributed by atoms with Crippen LogP contribution in [0, 0.1) is 11.3 Å². The highest BCUT2D eigenvalue weighted by Gasteiger charge is 2.30. The Morgan fingerprint density at radius 3 is 2.68 bits per heavy atom. The lowest BCUT2D eigenvalue weighted by atomic mass is 9.87. The maximum atomic E-state index is 12.3. The minimum Gasteiger partial charge on any atom is -0.493 e. The summed E-state index contributed by atoms with van der Waals surface area (Å²) in [6.07, 6.45) is 0.232. The number of hydrogen-bond donors (Lipinski definition) is 1. The Morgan fingerprint density at radius 2 is 2.00 bits per heavy atom. The van der Waals surface area contributed by atoms with E-state index >= 15 is 0 Å². The molecule has 0 unspecified atom stereocenters. The van der Waals surface area contributed by atoms with Gasteiger partial charge in [0.15, 0.2) is 11.5 Å². The Morgan fingerprint density at radius 1 is 1.21 bits per heavy atom. The maximum Gasteiger partial charge on any atom is 0.225 e. The van der Waals surface area contributed by atoms with E-state index in [4.69, 9.17) is 9.47 Å². The van der Waals surface area contributed by atoms with Gasteiger partial charge in [-0.1, -0.05) is 36.4 Å². The second-order valence-corrected chi connectivity index (χ2v) is 7.26. The highest BCUT2D eigenvalue weighted by molar-refractivity contribution is 8.02. The summed E-state index contributed by atoms with van der Waals surface area (Å²) >= 11 is 1.48. The van der Waals surface area contributed by atoms with Crippen LogP contribution in [0.15, 0.2) is 59.1 Å². The molecule has 144 valence electrons. The molecule has 6 heteroatoms. The summed E-state index contributed by atoms with van der Waals surface area (Å²) in [5.74, 6) is 1.53. The normalized spacial score (nSPS) is 16.3. The van der Waals surface area contributed by atoms with E-state index in [9.17, 15) is 10.1 Å². The van der Waals surface area contributed by atoms with Crippen LogP contribution in [0.25, 0.3) is 0 Å². The third-order valence-corrected chi connectivity index (χ3v) is 5.56. The van der Waals surface area contributed by atoms with Gasteiger partial charge in [-0.25, -0.2) is 0 Å². The van der Waals surface area contributed by atoms with Crippen LogP contribution in [0.2, 0.25) is 0 Å². The van der Waals surface area contributed by atoms with Gasteiger partial charge in [-0.3, -0.25) is 4.79 Å². The number of carbonyl (C=O) groups is 1. The Balaban J connectivity index is 1.91. The zero-order valence-electron chi connectivity index (χ0n) is 15.9. The van der Waals surface area contributed by atoms with E-state index in [0.717, 1.165) is 11.1 Å². The number of nitrogens with zero attached hydrogens (tertiary/aromatic N) is 1. The number of nitrogens with one attached hydrogen (secondary N) is 1. The van der Waals surface area contributed by atoms with Gasteiger partial charge in [0, 0.05) is 18.1 Å². The molecule has 2 aromatic carbocycles. The van der Waals surface area contributed by atoms with Gasteiger partial charge >= 0.3 is 0 Å². The van der Waals surface area contributed by atoms with Crippen molar-refractivity contribution in [1.29, 1.82) is 5.26 Å². The summed E-state index contributed by atoms with van der Waals surface area (Å²) in [7, 11) is 1.58. The summed E-state index contributed by atoms with van der Waals surface area (Å²) in [5.41, 5.74) is 2.58. The Hall–Kier alpha value is -2.91. The summed E-state index contributed by atoms with van der Waals surface area (Å²) in [4.78, 5) is 12.3. The van der Waals surface area contributed by atoms with Gasteiger partial charge in [0.1, 0.15) is 0 Å². The number of methoxy groups -OCH3 is 1. The molecule has 0 radical (unpaired) electrons. The standard InChI is InChI=1S/C22H22N2O3S/c1-3-27-19-10-9-16(11-20(19)26-2)17-12-21(25)24-22(18(17)13-23)28-14-15-7-5-4-6-8-15/h4-11,17H,3,12,14H2,1-2H3,(H,24,25)/t17-/m1/s1. The Kier molecular flexibility index (Phi) is 6.62. The lowest BCUT2D eigenvalue weighted by Crippen LogP contribution is -2.30. The fourth-order valence-corrected chi connectivity index (χ4v) is 4.16.